The highest BCUT2D eigenvalue weighted by Gasteiger charge is 2.19. The molecule has 2 rings (SSSR count). The Morgan fingerprint density at radius 1 is 1.15 bits per heavy atom. The van der Waals surface area contributed by atoms with Crippen LogP contribution in [0, 0.1) is 0 Å². The molecule has 2 amide bonds. The van der Waals surface area contributed by atoms with Crippen LogP contribution in [0.1, 0.15) is 36.0 Å². The Kier molecular flexibility index (Phi) is 7.31. The zero-order valence-electron chi connectivity index (χ0n) is 14.0. The van der Waals surface area contributed by atoms with Crippen LogP contribution in [0.15, 0.2) is 24.3 Å². The fourth-order valence-corrected chi connectivity index (χ4v) is 2.64. The van der Waals surface area contributed by atoms with E-state index in [1.165, 1.54) is 24.3 Å². The predicted octanol–water partition coefficient (Wildman–Crippen LogP) is 1.62. The lowest BCUT2D eigenvalue weighted by atomic mass is 10.2. The van der Waals surface area contributed by atoms with Crippen LogP contribution >= 0.6 is 0 Å². The molecule has 0 unspecified atom stereocenters. The van der Waals surface area contributed by atoms with Gasteiger partial charge in [-0.2, -0.15) is 8.78 Å². The second-order valence-electron chi connectivity index (χ2n) is 5.77. The quantitative estimate of drug-likeness (QED) is 0.679. The van der Waals surface area contributed by atoms with Crippen LogP contribution in [0.3, 0.4) is 0 Å². The predicted molar refractivity (Wildman–Crippen MR) is 86.8 cm³/mol. The van der Waals surface area contributed by atoms with Gasteiger partial charge in [-0.15, -0.1) is 0 Å². The molecule has 0 spiro atoms. The summed E-state index contributed by atoms with van der Waals surface area (Å²) >= 11 is 0. The highest BCUT2D eigenvalue weighted by atomic mass is 19.3. The largest absolute Gasteiger partial charge is 0.454 e. The topological polar surface area (TPSA) is 93.7 Å². The minimum atomic E-state index is -3.08. The number of esters is 1. The molecule has 1 aliphatic carbocycles. The zero-order chi connectivity index (χ0) is 18.9. The summed E-state index contributed by atoms with van der Waals surface area (Å²) in [6.45, 7) is -4.01. The van der Waals surface area contributed by atoms with Gasteiger partial charge in [-0.25, -0.2) is 0 Å². The third kappa shape index (κ3) is 6.30. The minimum absolute atomic E-state index is 0.118. The number of carbonyl (C=O) groups excluding carboxylic acids is 3. The van der Waals surface area contributed by atoms with Crippen molar-refractivity contribution in [1.82, 2.24) is 10.6 Å². The second kappa shape index (κ2) is 9.69. The smallest absolute Gasteiger partial charge is 0.387 e. The van der Waals surface area contributed by atoms with Crippen molar-refractivity contribution in [2.24, 2.45) is 0 Å². The van der Waals surface area contributed by atoms with Gasteiger partial charge in [0.1, 0.15) is 12.3 Å². The molecule has 2 N–H and O–H groups in total. The number of alkyl halides is 2. The molecule has 0 radical (unpaired) electrons. The van der Waals surface area contributed by atoms with E-state index < -0.39 is 37.5 Å². The summed E-state index contributed by atoms with van der Waals surface area (Å²) in [5, 5.41) is 5.00. The molecule has 26 heavy (non-hydrogen) atoms. The van der Waals surface area contributed by atoms with Gasteiger partial charge < -0.3 is 20.1 Å². The van der Waals surface area contributed by atoms with Gasteiger partial charge in [0, 0.05) is 6.04 Å². The number of ether oxygens (including phenoxy) is 2. The van der Waals surface area contributed by atoms with Crippen LogP contribution in [-0.2, 0) is 14.3 Å². The molecule has 1 aromatic rings. The molecule has 0 aliphatic heterocycles. The van der Waals surface area contributed by atoms with Crippen molar-refractivity contribution in [3.8, 4) is 5.75 Å². The van der Waals surface area contributed by atoms with Crippen molar-refractivity contribution < 1.29 is 32.6 Å². The van der Waals surface area contributed by atoms with Crippen molar-refractivity contribution in [2.75, 3.05) is 13.2 Å². The normalized spacial score (nSPS) is 14.1. The average molecular weight is 370 g/mol. The standard InChI is InChI=1S/C17H20F2N2O5/c18-17(19)26-13-8-4-3-7-12(13)16(24)20-9-15(23)25-10-14(22)21-11-5-1-2-6-11/h3-4,7-8,11,17H,1-2,5-6,9-10H2,(H,20,24)(H,21,22). The first-order chi connectivity index (χ1) is 12.5. The number of nitrogens with one attached hydrogen (secondary N) is 2. The maximum atomic E-state index is 12.3. The van der Waals surface area contributed by atoms with E-state index in [0.717, 1.165) is 25.7 Å². The lowest BCUT2D eigenvalue weighted by Gasteiger charge is -2.12. The Bertz CT molecular complexity index is 648. The lowest BCUT2D eigenvalue weighted by Crippen LogP contribution is -2.37. The molecule has 0 atom stereocenters. The van der Waals surface area contributed by atoms with Crippen molar-refractivity contribution >= 4 is 17.8 Å². The van der Waals surface area contributed by atoms with E-state index in [4.69, 9.17) is 4.74 Å². The maximum absolute atomic E-state index is 12.3. The number of hydrogen-bond acceptors (Lipinski definition) is 5. The van der Waals surface area contributed by atoms with Crippen molar-refractivity contribution in [2.45, 2.75) is 38.3 Å². The van der Waals surface area contributed by atoms with Crippen molar-refractivity contribution in [3.63, 3.8) is 0 Å². The Hall–Kier alpha value is -2.71. The molecule has 0 aromatic heterocycles. The van der Waals surface area contributed by atoms with E-state index in [0.29, 0.717) is 0 Å². The Balaban J connectivity index is 1.74. The highest BCUT2D eigenvalue weighted by Crippen LogP contribution is 2.20. The molecular formula is C17H20F2N2O5. The van der Waals surface area contributed by atoms with Gasteiger partial charge in [-0.3, -0.25) is 14.4 Å². The van der Waals surface area contributed by atoms with E-state index in [1.54, 1.807) is 0 Å². The third-order valence-corrected chi connectivity index (χ3v) is 3.83. The highest BCUT2D eigenvalue weighted by molar-refractivity contribution is 5.98. The molecular weight excluding hydrogens is 350 g/mol. The number of halogens is 2. The van der Waals surface area contributed by atoms with Crippen LogP contribution in [0.4, 0.5) is 8.78 Å². The number of amides is 2. The average Bonchev–Trinajstić information content (AvgIpc) is 3.10. The first-order valence-corrected chi connectivity index (χ1v) is 8.22. The number of para-hydroxylation sites is 1. The molecule has 0 heterocycles. The van der Waals surface area contributed by atoms with Crippen LogP contribution in [-0.4, -0.2) is 43.6 Å². The molecule has 1 aromatic carbocycles. The first kappa shape index (κ1) is 19.6. The van der Waals surface area contributed by atoms with Crippen LogP contribution in [0.2, 0.25) is 0 Å². The van der Waals surface area contributed by atoms with Crippen molar-refractivity contribution in [1.29, 1.82) is 0 Å². The van der Waals surface area contributed by atoms with Crippen molar-refractivity contribution in [3.05, 3.63) is 29.8 Å². The van der Waals surface area contributed by atoms with Gasteiger partial charge in [0.05, 0.1) is 5.56 Å². The minimum Gasteiger partial charge on any atom is -0.454 e. The third-order valence-electron chi connectivity index (χ3n) is 3.83. The monoisotopic (exact) mass is 370 g/mol. The SMILES string of the molecule is O=C(COC(=O)CNC(=O)c1ccccc1OC(F)F)NC1CCCC1. The summed E-state index contributed by atoms with van der Waals surface area (Å²) in [7, 11) is 0. The molecule has 7 nitrogen and oxygen atoms in total. The summed E-state index contributed by atoms with van der Waals surface area (Å²) in [6, 6.07) is 5.53. The van der Waals surface area contributed by atoms with Crippen LogP contribution < -0.4 is 15.4 Å². The fraction of sp³-hybridized carbons (Fsp3) is 0.471. The molecule has 1 saturated carbocycles. The van der Waals surface area contributed by atoms with E-state index in [-0.39, 0.29) is 17.4 Å². The number of hydrogen-bond donors (Lipinski definition) is 2. The van der Waals surface area contributed by atoms with E-state index >= 15 is 0 Å². The zero-order valence-corrected chi connectivity index (χ0v) is 14.0. The summed E-state index contributed by atoms with van der Waals surface area (Å²) in [4.78, 5) is 35.3. The maximum Gasteiger partial charge on any atom is 0.387 e. The lowest BCUT2D eigenvalue weighted by molar-refractivity contribution is -0.147. The fourth-order valence-electron chi connectivity index (χ4n) is 2.64. The molecule has 1 aliphatic rings. The molecule has 1 fully saturated rings. The van der Waals surface area contributed by atoms with Gasteiger partial charge >= 0.3 is 12.6 Å². The molecule has 142 valence electrons. The summed E-state index contributed by atoms with van der Waals surface area (Å²) in [5.41, 5.74) is -0.139. The number of carbonyl (C=O) groups is 3. The van der Waals surface area contributed by atoms with Gasteiger partial charge in [0.15, 0.2) is 6.61 Å². The summed E-state index contributed by atoms with van der Waals surface area (Å²) in [5.74, 6) is -2.28. The Morgan fingerprint density at radius 3 is 2.54 bits per heavy atom. The number of benzene rings is 1. The van der Waals surface area contributed by atoms with Gasteiger partial charge in [0.2, 0.25) is 0 Å². The Morgan fingerprint density at radius 2 is 1.85 bits per heavy atom. The van der Waals surface area contributed by atoms with Gasteiger partial charge in [0.25, 0.3) is 11.8 Å². The summed E-state index contributed by atoms with van der Waals surface area (Å²) < 4.78 is 33.7. The number of rotatable bonds is 8. The molecule has 0 bridgehead atoms. The first-order valence-electron chi connectivity index (χ1n) is 8.22. The van der Waals surface area contributed by atoms with E-state index in [1.807, 2.05) is 0 Å². The van der Waals surface area contributed by atoms with E-state index in [9.17, 15) is 23.2 Å². The second-order valence-corrected chi connectivity index (χ2v) is 5.77. The molecule has 9 heteroatoms. The van der Waals surface area contributed by atoms with Gasteiger partial charge in [-0.1, -0.05) is 25.0 Å². The summed E-state index contributed by atoms with van der Waals surface area (Å²) in [6.07, 6.45) is 3.95. The van der Waals surface area contributed by atoms with E-state index in [2.05, 4.69) is 15.4 Å². The van der Waals surface area contributed by atoms with Crippen LogP contribution in [0.25, 0.3) is 0 Å². The Labute approximate surface area is 149 Å². The van der Waals surface area contributed by atoms with Crippen LogP contribution in [0.5, 0.6) is 5.75 Å². The van der Waals surface area contributed by atoms with Gasteiger partial charge in [-0.05, 0) is 25.0 Å². The molecule has 0 saturated heterocycles.